The van der Waals surface area contributed by atoms with Crippen molar-refractivity contribution >= 4 is 33.9 Å². The fraction of sp³-hybridized carbons (Fsp3) is 0.200. The minimum atomic E-state index is -1.18. The summed E-state index contributed by atoms with van der Waals surface area (Å²) >= 11 is 3.42. The van der Waals surface area contributed by atoms with Crippen LogP contribution in [0.4, 0.5) is 0 Å². The number of hydrogen-bond donors (Lipinski definition) is 2. The lowest BCUT2D eigenvalue weighted by Crippen LogP contribution is -2.28. The summed E-state index contributed by atoms with van der Waals surface area (Å²) in [6.45, 7) is 3.79. The van der Waals surface area contributed by atoms with Crippen LogP contribution >= 0.6 is 15.9 Å². The third kappa shape index (κ3) is 6.04. The summed E-state index contributed by atoms with van der Waals surface area (Å²) in [4.78, 5) is 23.2. The molecule has 0 aliphatic heterocycles. The highest BCUT2D eigenvalue weighted by atomic mass is 79.9. The smallest absolute Gasteiger partial charge is 0.352 e. The van der Waals surface area contributed by atoms with Gasteiger partial charge in [0, 0.05) is 6.42 Å². The number of carbonyl (C=O) groups is 2. The number of para-hydroxylation sites is 1. The van der Waals surface area contributed by atoms with E-state index in [0.717, 1.165) is 4.47 Å². The summed E-state index contributed by atoms with van der Waals surface area (Å²) in [6.07, 6.45) is 1.69. The second-order valence-corrected chi connectivity index (χ2v) is 6.97. The Morgan fingerprint density at radius 1 is 1.15 bits per heavy atom. The molecule has 0 unspecified atom stereocenters. The molecule has 0 aliphatic carbocycles. The Morgan fingerprint density at radius 3 is 2.38 bits per heavy atom. The molecule has 2 N–H and O–H groups in total. The van der Waals surface area contributed by atoms with Gasteiger partial charge in [-0.25, -0.2) is 4.79 Å². The highest BCUT2D eigenvalue weighted by Gasteiger charge is 2.13. The van der Waals surface area contributed by atoms with Crippen LogP contribution in [-0.4, -0.2) is 17.0 Å². The fourth-order valence-electron chi connectivity index (χ4n) is 2.18. The van der Waals surface area contributed by atoms with Crippen LogP contribution in [0.2, 0.25) is 0 Å². The van der Waals surface area contributed by atoms with Crippen molar-refractivity contribution in [1.29, 1.82) is 0 Å². The Labute approximate surface area is 160 Å². The van der Waals surface area contributed by atoms with Gasteiger partial charge in [0.05, 0.1) is 4.47 Å². The first-order chi connectivity index (χ1) is 12.3. The first kappa shape index (κ1) is 19.7. The largest absolute Gasteiger partial charge is 0.477 e. The van der Waals surface area contributed by atoms with Crippen LogP contribution in [0, 0.1) is 5.92 Å². The van der Waals surface area contributed by atoms with Crippen LogP contribution in [0.15, 0.2) is 58.7 Å². The van der Waals surface area contributed by atoms with Gasteiger partial charge in [0.25, 0.3) is 0 Å². The SMILES string of the molecule is CC(C)CC(=O)N/C(=C/c1ccc(Oc2ccccc2Br)cc1)C(=O)O. The summed E-state index contributed by atoms with van der Waals surface area (Å²) in [5.74, 6) is -0.0466. The molecule has 0 spiro atoms. The van der Waals surface area contributed by atoms with Crippen molar-refractivity contribution in [2.45, 2.75) is 20.3 Å². The highest BCUT2D eigenvalue weighted by Crippen LogP contribution is 2.29. The molecular weight excluding hydrogens is 398 g/mol. The number of hydrogen-bond acceptors (Lipinski definition) is 3. The van der Waals surface area contributed by atoms with E-state index in [1.165, 1.54) is 6.08 Å². The second-order valence-electron chi connectivity index (χ2n) is 6.11. The number of halogens is 1. The topological polar surface area (TPSA) is 75.6 Å². The van der Waals surface area contributed by atoms with E-state index in [1.807, 2.05) is 38.1 Å². The van der Waals surface area contributed by atoms with Crippen LogP contribution in [0.3, 0.4) is 0 Å². The van der Waals surface area contributed by atoms with Crippen LogP contribution in [0.25, 0.3) is 6.08 Å². The van der Waals surface area contributed by atoms with E-state index in [1.54, 1.807) is 24.3 Å². The molecule has 0 aliphatic rings. The van der Waals surface area contributed by atoms with E-state index < -0.39 is 5.97 Å². The third-order valence-corrected chi connectivity index (χ3v) is 4.01. The standard InChI is InChI=1S/C20H20BrNO4/c1-13(2)11-19(23)22-17(20(24)25)12-14-7-9-15(10-8-14)26-18-6-4-3-5-16(18)21/h3-10,12-13H,11H2,1-2H3,(H,22,23)(H,24,25)/b17-12+. The normalized spacial score (nSPS) is 11.3. The highest BCUT2D eigenvalue weighted by molar-refractivity contribution is 9.10. The van der Waals surface area contributed by atoms with Crippen LogP contribution in [0.5, 0.6) is 11.5 Å². The average Bonchev–Trinajstić information content (AvgIpc) is 2.57. The van der Waals surface area contributed by atoms with Crippen molar-refractivity contribution in [2.24, 2.45) is 5.92 Å². The molecule has 0 aromatic heterocycles. The van der Waals surface area contributed by atoms with Gasteiger partial charge in [-0.15, -0.1) is 0 Å². The molecule has 5 nitrogen and oxygen atoms in total. The summed E-state index contributed by atoms with van der Waals surface area (Å²) in [7, 11) is 0. The average molecular weight is 418 g/mol. The quantitative estimate of drug-likeness (QED) is 0.632. The zero-order chi connectivity index (χ0) is 19.1. The van der Waals surface area contributed by atoms with Gasteiger partial charge in [-0.3, -0.25) is 4.79 Å². The Bertz CT molecular complexity index is 813. The number of aliphatic carboxylic acids is 1. The summed E-state index contributed by atoms with van der Waals surface area (Å²) in [5.41, 5.74) is 0.488. The zero-order valence-corrected chi connectivity index (χ0v) is 16.1. The van der Waals surface area contributed by atoms with E-state index in [-0.39, 0.29) is 23.9 Å². The lowest BCUT2D eigenvalue weighted by molar-refractivity contribution is -0.134. The predicted octanol–water partition coefficient (Wildman–Crippen LogP) is 4.83. The van der Waals surface area contributed by atoms with Crippen LogP contribution < -0.4 is 10.1 Å². The van der Waals surface area contributed by atoms with E-state index >= 15 is 0 Å². The molecule has 1 amide bonds. The third-order valence-electron chi connectivity index (χ3n) is 3.35. The Balaban J connectivity index is 2.12. The summed E-state index contributed by atoms with van der Waals surface area (Å²) in [6, 6.07) is 14.4. The number of nitrogens with one attached hydrogen (secondary N) is 1. The van der Waals surface area contributed by atoms with E-state index in [9.17, 15) is 14.7 Å². The van der Waals surface area contributed by atoms with Gasteiger partial charge in [0.2, 0.25) is 5.91 Å². The molecule has 0 heterocycles. The van der Waals surface area contributed by atoms with Crippen molar-refractivity contribution in [2.75, 3.05) is 0 Å². The summed E-state index contributed by atoms with van der Waals surface area (Å²) in [5, 5.41) is 11.7. The van der Waals surface area contributed by atoms with Gasteiger partial charge >= 0.3 is 5.97 Å². The monoisotopic (exact) mass is 417 g/mol. The van der Waals surface area contributed by atoms with Crippen molar-refractivity contribution in [3.63, 3.8) is 0 Å². The maximum atomic E-state index is 11.8. The molecule has 0 atom stereocenters. The first-order valence-electron chi connectivity index (χ1n) is 8.12. The fourth-order valence-corrected chi connectivity index (χ4v) is 2.54. The Kier molecular flexibility index (Phi) is 6.97. The first-order valence-corrected chi connectivity index (χ1v) is 8.91. The number of rotatable bonds is 7. The molecule has 26 heavy (non-hydrogen) atoms. The van der Waals surface area contributed by atoms with E-state index in [4.69, 9.17) is 4.74 Å². The van der Waals surface area contributed by atoms with Gasteiger partial charge in [0.15, 0.2) is 0 Å². The van der Waals surface area contributed by atoms with E-state index in [2.05, 4.69) is 21.2 Å². The van der Waals surface area contributed by atoms with Crippen LogP contribution in [-0.2, 0) is 9.59 Å². The number of ether oxygens (including phenoxy) is 1. The number of amides is 1. The molecule has 0 fully saturated rings. The number of carboxylic acid groups (broad SMARTS) is 1. The van der Waals surface area contributed by atoms with Crippen molar-refractivity contribution < 1.29 is 19.4 Å². The molecule has 0 bridgehead atoms. The zero-order valence-electron chi connectivity index (χ0n) is 14.5. The maximum absolute atomic E-state index is 11.8. The van der Waals surface area contributed by atoms with Gasteiger partial charge in [-0.05, 0) is 57.8 Å². The minimum Gasteiger partial charge on any atom is -0.477 e. The number of carboxylic acids is 1. The Morgan fingerprint density at radius 2 is 1.81 bits per heavy atom. The van der Waals surface area contributed by atoms with Gasteiger partial charge in [-0.1, -0.05) is 38.1 Å². The molecule has 2 aromatic carbocycles. The van der Waals surface area contributed by atoms with E-state index in [0.29, 0.717) is 17.1 Å². The molecule has 0 saturated carbocycles. The maximum Gasteiger partial charge on any atom is 0.352 e. The van der Waals surface area contributed by atoms with Crippen LogP contribution in [0.1, 0.15) is 25.8 Å². The molecule has 6 heteroatoms. The molecule has 0 saturated heterocycles. The lowest BCUT2D eigenvalue weighted by Gasteiger charge is -2.09. The Hall–Kier alpha value is -2.60. The number of benzene rings is 2. The van der Waals surface area contributed by atoms with Crippen molar-refractivity contribution in [3.8, 4) is 11.5 Å². The number of carbonyl (C=O) groups excluding carboxylic acids is 1. The second kappa shape index (κ2) is 9.20. The van der Waals surface area contributed by atoms with Crippen molar-refractivity contribution in [1.82, 2.24) is 5.32 Å². The summed E-state index contributed by atoms with van der Waals surface area (Å²) < 4.78 is 6.61. The van der Waals surface area contributed by atoms with Gasteiger partial charge < -0.3 is 15.2 Å². The van der Waals surface area contributed by atoms with Crippen molar-refractivity contribution in [3.05, 3.63) is 64.3 Å². The molecule has 2 aromatic rings. The lowest BCUT2D eigenvalue weighted by atomic mass is 10.1. The predicted molar refractivity (Wildman–Crippen MR) is 104 cm³/mol. The molecular formula is C20H20BrNO4. The van der Waals surface area contributed by atoms with Gasteiger partial charge in [-0.2, -0.15) is 0 Å². The molecule has 0 radical (unpaired) electrons. The minimum absolute atomic E-state index is 0.152. The molecule has 136 valence electrons. The molecule has 2 rings (SSSR count). The van der Waals surface area contributed by atoms with Gasteiger partial charge in [0.1, 0.15) is 17.2 Å².